The molecule has 2 aromatic carbocycles. The number of amides is 3. The van der Waals surface area contributed by atoms with E-state index in [9.17, 15) is 14.4 Å². The van der Waals surface area contributed by atoms with Crippen LogP contribution in [0.25, 0.3) is 0 Å². The monoisotopic (exact) mass is 697 g/mol. The Morgan fingerprint density at radius 1 is 1.08 bits per heavy atom. The lowest BCUT2D eigenvalue weighted by Crippen LogP contribution is -2.53. The summed E-state index contributed by atoms with van der Waals surface area (Å²) in [5.41, 5.74) is 1.38. The molecule has 2 aliphatic heterocycles. The second kappa shape index (κ2) is 15.7. The number of aromatic amines is 1. The molecule has 48 heavy (non-hydrogen) atoms. The van der Waals surface area contributed by atoms with Crippen molar-refractivity contribution < 1.29 is 19.1 Å². The molecular formula is C35H45Cl2N7O4. The van der Waals surface area contributed by atoms with E-state index < -0.39 is 23.8 Å². The highest BCUT2D eigenvalue weighted by Crippen LogP contribution is 2.31. The molecule has 3 heterocycles. The Bertz CT molecular complexity index is 1580. The third-order valence-electron chi connectivity index (χ3n) is 8.82. The molecule has 0 spiro atoms. The average molecular weight is 699 g/mol. The van der Waals surface area contributed by atoms with Crippen LogP contribution in [0.2, 0.25) is 10.0 Å². The SMILES string of the molecule is Cc1nc(CC[C@H](C(=O)NCc2ccc(Cl)c(Cl)c2)N2CCC(CCc3ccccc3)N3C[C@H](NC(=O)OC(C)(C)C)C[C@H]3C2=O)n[nH]1. The number of rotatable bonds is 11. The van der Waals surface area contributed by atoms with E-state index in [1.165, 1.54) is 5.56 Å². The number of aromatic nitrogens is 3. The van der Waals surface area contributed by atoms with Gasteiger partial charge in [0.25, 0.3) is 0 Å². The zero-order valence-electron chi connectivity index (χ0n) is 28.0. The van der Waals surface area contributed by atoms with Crippen molar-refractivity contribution >= 4 is 41.1 Å². The van der Waals surface area contributed by atoms with Crippen LogP contribution in [0, 0.1) is 6.92 Å². The molecule has 13 heteroatoms. The van der Waals surface area contributed by atoms with Gasteiger partial charge in [-0.2, -0.15) is 5.10 Å². The van der Waals surface area contributed by atoms with Crippen LogP contribution < -0.4 is 10.6 Å². The minimum atomic E-state index is -0.758. The molecule has 0 bridgehead atoms. The van der Waals surface area contributed by atoms with Crippen molar-refractivity contribution in [3.8, 4) is 0 Å². The summed E-state index contributed by atoms with van der Waals surface area (Å²) in [4.78, 5) is 49.6. The van der Waals surface area contributed by atoms with Crippen LogP contribution in [-0.2, 0) is 33.7 Å². The van der Waals surface area contributed by atoms with Crippen molar-refractivity contribution in [2.45, 2.75) is 103 Å². The fourth-order valence-corrected chi connectivity index (χ4v) is 6.91. The molecule has 4 atom stereocenters. The lowest BCUT2D eigenvalue weighted by atomic mass is 10.0. The zero-order chi connectivity index (χ0) is 34.4. The predicted octanol–water partition coefficient (Wildman–Crippen LogP) is 5.24. The average Bonchev–Trinajstić information content (AvgIpc) is 3.62. The molecule has 0 radical (unpaired) electrons. The molecule has 258 valence electrons. The number of hydrogen-bond donors (Lipinski definition) is 3. The van der Waals surface area contributed by atoms with Crippen molar-refractivity contribution in [1.29, 1.82) is 0 Å². The van der Waals surface area contributed by atoms with E-state index >= 15 is 0 Å². The van der Waals surface area contributed by atoms with Crippen molar-refractivity contribution in [1.82, 2.24) is 35.6 Å². The Morgan fingerprint density at radius 3 is 2.54 bits per heavy atom. The van der Waals surface area contributed by atoms with E-state index in [1.54, 1.807) is 17.0 Å². The number of hydrogen-bond acceptors (Lipinski definition) is 7. The van der Waals surface area contributed by atoms with Gasteiger partial charge in [-0.25, -0.2) is 9.78 Å². The van der Waals surface area contributed by atoms with Crippen LogP contribution in [0.4, 0.5) is 4.79 Å². The lowest BCUT2D eigenvalue weighted by Gasteiger charge is -2.32. The van der Waals surface area contributed by atoms with E-state index in [-0.39, 0.29) is 30.4 Å². The maximum atomic E-state index is 14.5. The van der Waals surface area contributed by atoms with Gasteiger partial charge in [0, 0.05) is 38.1 Å². The number of nitrogens with one attached hydrogen (secondary N) is 3. The summed E-state index contributed by atoms with van der Waals surface area (Å²) in [6.45, 7) is 8.46. The first kappa shape index (κ1) is 35.6. The highest BCUT2D eigenvalue weighted by molar-refractivity contribution is 6.42. The van der Waals surface area contributed by atoms with Gasteiger partial charge in [-0.05, 0) is 83.1 Å². The quantitative estimate of drug-likeness (QED) is 0.250. The van der Waals surface area contributed by atoms with Crippen LogP contribution in [-0.4, -0.2) is 85.7 Å². The minimum absolute atomic E-state index is 0.0742. The van der Waals surface area contributed by atoms with E-state index in [0.717, 1.165) is 18.4 Å². The molecule has 0 aliphatic carbocycles. The third-order valence-corrected chi connectivity index (χ3v) is 9.56. The Morgan fingerprint density at radius 2 is 1.85 bits per heavy atom. The van der Waals surface area contributed by atoms with Crippen LogP contribution >= 0.6 is 23.2 Å². The van der Waals surface area contributed by atoms with Gasteiger partial charge in [-0.3, -0.25) is 19.6 Å². The summed E-state index contributed by atoms with van der Waals surface area (Å²) in [6, 6.07) is 14.1. The Labute approximate surface area is 292 Å². The molecule has 11 nitrogen and oxygen atoms in total. The molecule has 2 fully saturated rings. The number of carbonyl (C=O) groups excluding carboxylic acids is 3. The van der Waals surface area contributed by atoms with Gasteiger partial charge in [-0.1, -0.05) is 59.6 Å². The molecule has 2 saturated heterocycles. The summed E-state index contributed by atoms with van der Waals surface area (Å²) in [6.07, 6.45) is 3.05. The number of benzene rings is 2. The second-order valence-electron chi connectivity index (χ2n) is 13.6. The summed E-state index contributed by atoms with van der Waals surface area (Å²) < 4.78 is 5.53. The maximum Gasteiger partial charge on any atom is 0.407 e. The number of aryl methyl sites for hydroxylation is 3. The maximum absolute atomic E-state index is 14.5. The topological polar surface area (TPSA) is 133 Å². The fourth-order valence-electron chi connectivity index (χ4n) is 6.59. The Balaban J connectivity index is 1.38. The number of nitrogens with zero attached hydrogens (tertiary/aromatic N) is 4. The standard InChI is InChI=1S/C35H45Cl2N7O4/c1-22-39-31(42-41-22)15-14-29(32(45)38-20-24-11-13-27(36)28(37)18-24)43-17-16-26(12-10-23-8-6-5-7-9-23)44-21-25(19-30(44)33(43)46)40-34(47)48-35(2,3)4/h5-9,11,13,18,25-26,29-30H,10,12,14-17,19-21H2,1-4H3,(H,38,45)(H,40,47)(H,39,41,42)/t25-,26?,29-,30+/m1/s1. The van der Waals surface area contributed by atoms with Gasteiger partial charge in [-0.15, -0.1) is 0 Å². The summed E-state index contributed by atoms with van der Waals surface area (Å²) in [5, 5.41) is 14.0. The molecule has 1 aromatic heterocycles. The normalized spacial score (nSPS) is 20.6. The molecule has 1 unspecified atom stereocenters. The van der Waals surface area contributed by atoms with Crippen LogP contribution in [0.5, 0.6) is 0 Å². The third kappa shape index (κ3) is 9.48. The van der Waals surface area contributed by atoms with Gasteiger partial charge < -0.3 is 20.3 Å². The lowest BCUT2D eigenvalue weighted by molar-refractivity contribution is -0.143. The Kier molecular flexibility index (Phi) is 11.7. The number of fused-ring (bicyclic) bond motifs is 1. The van der Waals surface area contributed by atoms with E-state index in [1.807, 2.05) is 52.0 Å². The highest BCUT2D eigenvalue weighted by atomic mass is 35.5. The first-order chi connectivity index (χ1) is 22.9. The number of carbonyl (C=O) groups is 3. The molecule has 3 N–H and O–H groups in total. The van der Waals surface area contributed by atoms with Gasteiger partial charge in [0.2, 0.25) is 11.8 Å². The summed E-state index contributed by atoms with van der Waals surface area (Å²) in [7, 11) is 0. The second-order valence-corrected chi connectivity index (χ2v) is 14.5. The Hall–Kier alpha value is -3.67. The smallest absolute Gasteiger partial charge is 0.407 e. The molecule has 3 aromatic rings. The van der Waals surface area contributed by atoms with Gasteiger partial charge in [0.15, 0.2) is 5.82 Å². The van der Waals surface area contributed by atoms with Crippen LogP contribution in [0.1, 0.15) is 69.2 Å². The van der Waals surface area contributed by atoms with Crippen LogP contribution in [0.3, 0.4) is 0 Å². The summed E-state index contributed by atoms with van der Waals surface area (Å²) in [5.74, 6) is 0.883. The van der Waals surface area contributed by atoms with Gasteiger partial charge in [0.05, 0.1) is 16.1 Å². The molecule has 5 rings (SSSR count). The van der Waals surface area contributed by atoms with Crippen LogP contribution in [0.15, 0.2) is 48.5 Å². The van der Waals surface area contributed by atoms with Crippen molar-refractivity contribution in [2.24, 2.45) is 0 Å². The van der Waals surface area contributed by atoms with Gasteiger partial charge in [0.1, 0.15) is 17.5 Å². The number of alkyl carbamates (subject to hydrolysis) is 1. The van der Waals surface area contributed by atoms with E-state index in [4.69, 9.17) is 27.9 Å². The fraction of sp³-hybridized carbons (Fsp3) is 0.514. The molecular weight excluding hydrogens is 653 g/mol. The number of ether oxygens (including phenoxy) is 1. The van der Waals surface area contributed by atoms with Gasteiger partial charge >= 0.3 is 6.09 Å². The largest absolute Gasteiger partial charge is 0.444 e. The zero-order valence-corrected chi connectivity index (χ0v) is 29.5. The first-order valence-electron chi connectivity index (χ1n) is 16.6. The van der Waals surface area contributed by atoms with Crippen molar-refractivity contribution in [3.05, 3.63) is 81.4 Å². The first-order valence-corrected chi connectivity index (χ1v) is 17.3. The van der Waals surface area contributed by atoms with E-state index in [0.29, 0.717) is 60.5 Å². The number of H-pyrrole nitrogens is 1. The van der Waals surface area contributed by atoms with Crippen molar-refractivity contribution in [3.63, 3.8) is 0 Å². The molecule has 2 aliphatic rings. The van der Waals surface area contributed by atoms with Crippen molar-refractivity contribution in [2.75, 3.05) is 13.1 Å². The summed E-state index contributed by atoms with van der Waals surface area (Å²) >= 11 is 12.3. The highest BCUT2D eigenvalue weighted by Gasteiger charge is 2.47. The predicted molar refractivity (Wildman–Crippen MR) is 185 cm³/mol. The minimum Gasteiger partial charge on any atom is -0.444 e. The molecule has 0 saturated carbocycles. The molecule has 3 amide bonds. The number of halogens is 2. The van der Waals surface area contributed by atoms with E-state index in [2.05, 4.69) is 42.8 Å².